The predicted octanol–water partition coefficient (Wildman–Crippen LogP) is 3.26. The number of hydrogen-bond acceptors (Lipinski definition) is 5. The molecule has 3 aromatic rings. The fourth-order valence-corrected chi connectivity index (χ4v) is 3.44. The van der Waals surface area contributed by atoms with Crippen LogP contribution in [0.1, 0.15) is 11.1 Å². The molecule has 156 valence electrons. The van der Waals surface area contributed by atoms with E-state index < -0.39 is 16.2 Å². The Morgan fingerprint density at radius 1 is 0.833 bits per heavy atom. The molecular weight excluding hydrogens is 404 g/mol. The lowest BCUT2D eigenvalue weighted by Gasteiger charge is -2.13. The van der Waals surface area contributed by atoms with Crippen LogP contribution in [-0.4, -0.2) is 21.0 Å². The maximum absolute atomic E-state index is 12.2. The second-order valence-corrected chi connectivity index (χ2v) is 7.83. The molecule has 8 heteroatoms. The molecule has 0 bridgehead atoms. The molecule has 0 amide bonds. The van der Waals surface area contributed by atoms with Gasteiger partial charge in [0.25, 0.3) is 10.2 Å². The van der Waals surface area contributed by atoms with Crippen molar-refractivity contribution in [2.75, 3.05) is 11.3 Å². The van der Waals surface area contributed by atoms with Crippen LogP contribution in [0.3, 0.4) is 0 Å². The van der Waals surface area contributed by atoms with Crippen molar-refractivity contribution in [1.82, 2.24) is 4.72 Å². The Balaban J connectivity index is 1.52. The molecule has 0 unspecified atom stereocenters. The zero-order chi connectivity index (χ0) is 21.2. The summed E-state index contributed by atoms with van der Waals surface area (Å²) >= 11 is 0. The standard InChI is InChI=1S/C22H22N2O5S/c25-22(29-16-18-9-3-1-4-10-18)17-28-21-14-8-7-11-19(21)15-23-30(26,27)24-20-12-5-2-6-13-20/h1-14,23-24H,15-17H2. The van der Waals surface area contributed by atoms with Crippen molar-refractivity contribution in [3.05, 3.63) is 96.1 Å². The van der Waals surface area contributed by atoms with Gasteiger partial charge in [-0.3, -0.25) is 4.72 Å². The average molecular weight is 426 g/mol. The van der Waals surface area contributed by atoms with Crippen molar-refractivity contribution in [2.24, 2.45) is 0 Å². The van der Waals surface area contributed by atoms with Crippen LogP contribution in [0.4, 0.5) is 5.69 Å². The molecule has 0 saturated heterocycles. The van der Waals surface area contributed by atoms with Gasteiger partial charge < -0.3 is 9.47 Å². The monoisotopic (exact) mass is 426 g/mol. The van der Waals surface area contributed by atoms with E-state index in [-0.39, 0.29) is 19.8 Å². The van der Waals surface area contributed by atoms with Crippen LogP contribution in [-0.2, 0) is 32.9 Å². The van der Waals surface area contributed by atoms with Crippen molar-refractivity contribution < 1.29 is 22.7 Å². The SMILES string of the molecule is O=C(COc1ccccc1CNS(=O)(=O)Nc1ccccc1)OCc1ccccc1. The molecule has 0 saturated carbocycles. The van der Waals surface area contributed by atoms with Crippen molar-refractivity contribution in [3.63, 3.8) is 0 Å². The normalized spacial score (nSPS) is 10.9. The van der Waals surface area contributed by atoms with Gasteiger partial charge >= 0.3 is 5.97 Å². The number of esters is 1. The molecule has 0 aliphatic heterocycles. The average Bonchev–Trinajstić information content (AvgIpc) is 2.76. The number of para-hydroxylation sites is 2. The maximum Gasteiger partial charge on any atom is 0.344 e. The van der Waals surface area contributed by atoms with E-state index in [0.29, 0.717) is 17.0 Å². The van der Waals surface area contributed by atoms with E-state index in [2.05, 4.69) is 9.44 Å². The van der Waals surface area contributed by atoms with Crippen LogP contribution in [0, 0.1) is 0 Å². The molecule has 2 N–H and O–H groups in total. The number of ether oxygens (including phenoxy) is 2. The lowest BCUT2D eigenvalue weighted by molar-refractivity contribution is -0.147. The summed E-state index contributed by atoms with van der Waals surface area (Å²) in [7, 11) is -3.77. The number of nitrogens with one attached hydrogen (secondary N) is 2. The minimum Gasteiger partial charge on any atom is -0.482 e. The predicted molar refractivity (Wildman–Crippen MR) is 114 cm³/mol. The fourth-order valence-electron chi connectivity index (χ4n) is 2.58. The second kappa shape index (κ2) is 10.4. The third-order valence-electron chi connectivity index (χ3n) is 4.04. The Bertz CT molecular complexity index is 1060. The smallest absolute Gasteiger partial charge is 0.344 e. The van der Waals surface area contributed by atoms with E-state index in [4.69, 9.17) is 9.47 Å². The molecule has 0 heterocycles. The summed E-state index contributed by atoms with van der Waals surface area (Å²) in [5.41, 5.74) is 1.93. The molecule has 3 rings (SSSR count). The number of benzene rings is 3. The number of rotatable bonds is 10. The highest BCUT2D eigenvalue weighted by Crippen LogP contribution is 2.18. The fraction of sp³-hybridized carbons (Fsp3) is 0.136. The highest BCUT2D eigenvalue weighted by molar-refractivity contribution is 7.90. The molecule has 0 aliphatic carbocycles. The molecule has 0 fully saturated rings. The molecule has 3 aromatic carbocycles. The largest absolute Gasteiger partial charge is 0.482 e. The van der Waals surface area contributed by atoms with Gasteiger partial charge in [0.05, 0.1) is 0 Å². The summed E-state index contributed by atoms with van der Waals surface area (Å²) in [6.07, 6.45) is 0. The van der Waals surface area contributed by atoms with Gasteiger partial charge in [0.15, 0.2) is 6.61 Å². The van der Waals surface area contributed by atoms with Crippen LogP contribution in [0.2, 0.25) is 0 Å². The van der Waals surface area contributed by atoms with Gasteiger partial charge in [-0.2, -0.15) is 13.1 Å². The Morgan fingerprint density at radius 2 is 1.47 bits per heavy atom. The van der Waals surface area contributed by atoms with Crippen molar-refractivity contribution in [2.45, 2.75) is 13.2 Å². The maximum atomic E-state index is 12.2. The summed E-state index contributed by atoms with van der Waals surface area (Å²) < 4.78 is 40.1. The summed E-state index contributed by atoms with van der Waals surface area (Å²) in [6.45, 7) is -0.119. The van der Waals surface area contributed by atoms with E-state index in [9.17, 15) is 13.2 Å². The van der Waals surface area contributed by atoms with Gasteiger partial charge in [0, 0.05) is 17.8 Å². The zero-order valence-electron chi connectivity index (χ0n) is 16.2. The third-order valence-corrected chi connectivity index (χ3v) is 5.07. The number of hydrogen-bond donors (Lipinski definition) is 2. The van der Waals surface area contributed by atoms with Crippen LogP contribution in [0.15, 0.2) is 84.9 Å². The summed E-state index contributed by atoms with van der Waals surface area (Å²) in [6, 6.07) is 24.8. The highest BCUT2D eigenvalue weighted by Gasteiger charge is 2.13. The van der Waals surface area contributed by atoms with Gasteiger partial charge in [0.2, 0.25) is 0 Å². The van der Waals surface area contributed by atoms with E-state index in [1.165, 1.54) is 0 Å². The van der Waals surface area contributed by atoms with Crippen LogP contribution < -0.4 is 14.2 Å². The van der Waals surface area contributed by atoms with Gasteiger partial charge in [0.1, 0.15) is 12.4 Å². The molecule has 0 radical (unpaired) electrons. The molecule has 0 spiro atoms. The van der Waals surface area contributed by atoms with E-state index in [1.54, 1.807) is 54.6 Å². The first-order valence-corrected chi connectivity index (χ1v) is 10.7. The van der Waals surface area contributed by atoms with Gasteiger partial charge in [-0.1, -0.05) is 66.7 Å². The lowest BCUT2D eigenvalue weighted by atomic mass is 10.2. The molecule has 7 nitrogen and oxygen atoms in total. The molecular formula is C22H22N2O5S. The Hall–Kier alpha value is -3.36. The quantitative estimate of drug-likeness (QED) is 0.486. The van der Waals surface area contributed by atoms with E-state index >= 15 is 0 Å². The van der Waals surface area contributed by atoms with Crippen molar-refractivity contribution in [3.8, 4) is 5.75 Å². The molecule has 0 atom stereocenters. The first-order chi connectivity index (χ1) is 14.5. The van der Waals surface area contributed by atoms with Gasteiger partial charge in [-0.15, -0.1) is 0 Å². The Kier molecular flexibility index (Phi) is 7.42. The van der Waals surface area contributed by atoms with Crippen molar-refractivity contribution in [1.29, 1.82) is 0 Å². The van der Waals surface area contributed by atoms with Crippen molar-refractivity contribution >= 4 is 21.9 Å². The zero-order valence-corrected chi connectivity index (χ0v) is 17.0. The topological polar surface area (TPSA) is 93.7 Å². The van der Waals surface area contributed by atoms with E-state index in [1.807, 2.05) is 30.3 Å². The van der Waals surface area contributed by atoms with E-state index in [0.717, 1.165) is 5.56 Å². The summed E-state index contributed by atoms with van der Waals surface area (Å²) in [5.74, 6) is -0.114. The first-order valence-electron chi connectivity index (χ1n) is 9.24. The second-order valence-electron chi connectivity index (χ2n) is 6.34. The Labute approximate surface area is 175 Å². The summed E-state index contributed by atoms with van der Waals surface area (Å²) in [5, 5.41) is 0. The summed E-state index contributed by atoms with van der Waals surface area (Å²) in [4.78, 5) is 12.0. The highest BCUT2D eigenvalue weighted by atomic mass is 32.2. The molecule has 0 aliphatic rings. The lowest BCUT2D eigenvalue weighted by Crippen LogP contribution is -2.29. The van der Waals surface area contributed by atoms with Crippen LogP contribution in [0.25, 0.3) is 0 Å². The Morgan fingerprint density at radius 3 is 2.20 bits per heavy atom. The van der Waals surface area contributed by atoms with Crippen LogP contribution in [0.5, 0.6) is 5.75 Å². The van der Waals surface area contributed by atoms with Gasteiger partial charge in [-0.25, -0.2) is 4.79 Å². The van der Waals surface area contributed by atoms with Gasteiger partial charge in [-0.05, 0) is 23.8 Å². The first kappa shape index (κ1) is 21.4. The molecule has 30 heavy (non-hydrogen) atoms. The minimum absolute atomic E-state index is 0.00258. The van der Waals surface area contributed by atoms with Crippen LogP contribution >= 0.6 is 0 Å². The number of carbonyl (C=O) groups excluding carboxylic acids is 1. The number of anilines is 1. The minimum atomic E-state index is -3.77. The number of carbonyl (C=O) groups is 1. The molecule has 0 aromatic heterocycles. The third kappa shape index (κ3) is 6.91.